The third-order valence-corrected chi connectivity index (χ3v) is 4.66. The molecule has 0 atom stereocenters. The molecule has 0 spiro atoms. The summed E-state index contributed by atoms with van der Waals surface area (Å²) >= 11 is 0. The van der Waals surface area contributed by atoms with Gasteiger partial charge in [0.05, 0.1) is 18.5 Å². The summed E-state index contributed by atoms with van der Waals surface area (Å²) in [6.45, 7) is 8.48. The zero-order valence-corrected chi connectivity index (χ0v) is 14.4. The van der Waals surface area contributed by atoms with E-state index in [0.717, 1.165) is 24.2 Å². The molecular formula is C14H22N4O3S. The molecule has 0 saturated carbocycles. The van der Waals surface area contributed by atoms with Crippen LogP contribution in [-0.4, -0.2) is 29.6 Å². The minimum Gasteiger partial charge on any atom is -0.361 e. The first-order valence-electron chi connectivity index (χ1n) is 7.18. The van der Waals surface area contributed by atoms with Gasteiger partial charge in [-0.15, -0.1) is 0 Å². The molecule has 0 saturated heterocycles. The molecule has 0 radical (unpaired) electrons. The molecule has 22 heavy (non-hydrogen) atoms. The molecule has 122 valence electrons. The first kappa shape index (κ1) is 16.5. The van der Waals surface area contributed by atoms with Crippen LogP contribution in [0, 0.1) is 20.8 Å². The molecule has 0 unspecified atom stereocenters. The summed E-state index contributed by atoms with van der Waals surface area (Å²) in [5.41, 5.74) is 2.40. The van der Waals surface area contributed by atoms with Crippen LogP contribution >= 0.6 is 0 Å². The second-order valence-corrected chi connectivity index (χ2v) is 7.35. The molecule has 2 rings (SSSR count). The number of nitrogens with zero attached hydrogens (tertiary/aromatic N) is 4. The highest BCUT2D eigenvalue weighted by Crippen LogP contribution is 2.23. The van der Waals surface area contributed by atoms with Gasteiger partial charge in [0.2, 0.25) is 10.0 Å². The van der Waals surface area contributed by atoms with Crippen molar-refractivity contribution in [1.82, 2.24) is 14.9 Å². The van der Waals surface area contributed by atoms with Crippen LogP contribution in [0.3, 0.4) is 0 Å². The lowest BCUT2D eigenvalue weighted by molar-refractivity contribution is 0.392. The van der Waals surface area contributed by atoms with E-state index in [2.05, 4.69) is 17.2 Å². The van der Waals surface area contributed by atoms with Crippen LogP contribution in [0.4, 0.5) is 5.82 Å². The fourth-order valence-corrected chi connectivity index (χ4v) is 3.08. The van der Waals surface area contributed by atoms with Crippen LogP contribution in [0.15, 0.2) is 10.6 Å². The van der Waals surface area contributed by atoms with Crippen LogP contribution in [0.1, 0.15) is 36.1 Å². The Balaban J connectivity index is 2.42. The molecule has 2 aromatic rings. The highest BCUT2D eigenvalue weighted by molar-refractivity contribution is 7.92. The fourth-order valence-electron chi connectivity index (χ4n) is 2.29. The quantitative estimate of drug-likeness (QED) is 0.812. The van der Waals surface area contributed by atoms with Crippen molar-refractivity contribution in [2.45, 2.75) is 47.2 Å². The van der Waals surface area contributed by atoms with E-state index < -0.39 is 10.0 Å². The molecule has 7 nitrogen and oxygen atoms in total. The summed E-state index contributed by atoms with van der Waals surface area (Å²) in [4.78, 5) is 0. The maximum atomic E-state index is 12.2. The van der Waals surface area contributed by atoms with Gasteiger partial charge in [-0.2, -0.15) is 5.10 Å². The number of rotatable bonds is 6. The van der Waals surface area contributed by atoms with E-state index in [-0.39, 0.29) is 6.54 Å². The Morgan fingerprint density at radius 3 is 2.50 bits per heavy atom. The normalized spacial score (nSPS) is 11.9. The number of aryl methyl sites for hydroxylation is 4. The smallest absolute Gasteiger partial charge is 0.233 e. The Hall–Kier alpha value is -1.83. The Labute approximate surface area is 131 Å². The summed E-state index contributed by atoms with van der Waals surface area (Å²) in [5.74, 6) is 1.05. The number of hydrogen-bond acceptors (Lipinski definition) is 5. The van der Waals surface area contributed by atoms with E-state index in [1.54, 1.807) is 19.9 Å². The van der Waals surface area contributed by atoms with Gasteiger partial charge in [-0.05, 0) is 27.2 Å². The van der Waals surface area contributed by atoms with Crippen molar-refractivity contribution in [3.63, 3.8) is 0 Å². The first-order valence-corrected chi connectivity index (χ1v) is 9.02. The van der Waals surface area contributed by atoms with Gasteiger partial charge in [-0.25, -0.2) is 12.7 Å². The Bertz CT molecular complexity index is 742. The third kappa shape index (κ3) is 3.32. The highest BCUT2D eigenvalue weighted by atomic mass is 32.2. The largest absolute Gasteiger partial charge is 0.361 e. The zero-order valence-electron chi connectivity index (χ0n) is 13.6. The molecule has 0 aromatic carbocycles. The lowest BCUT2D eigenvalue weighted by Gasteiger charge is -2.19. The molecule has 0 aliphatic carbocycles. The van der Waals surface area contributed by atoms with Crippen LogP contribution in [0.25, 0.3) is 0 Å². The molecule has 2 aromatic heterocycles. The summed E-state index contributed by atoms with van der Waals surface area (Å²) in [6.07, 6.45) is 2.12. The maximum absolute atomic E-state index is 12.2. The third-order valence-electron chi connectivity index (χ3n) is 3.54. The van der Waals surface area contributed by atoms with E-state index in [1.807, 2.05) is 11.6 Å². The van der Waals surface area contributed by atoms with E-state index in [0.29, 0.717) is 17.3 Å². The zero-order chi connectivity index (χ0) is 16.5. The molecule has 0 N–H and O–H groups in total. The van der Waals surface area contributed by atoms with Crippen LogP contribution in [0.5, 0.6) is 0 Å². The minimum absolute atomic E-state index is 0.169. The van der Waals surface area contributed by atoms with Crippen molar-refractivity contribution in [2.24, 2.45) is 0 Å². The SMILES string of the molecule is CCCn1nc(N(Cc2c(C)noc2C)S(C)(=O)=O)cc1C. The average Bonchev–Trinajstić information content (AvgIpc) is 2.91. The van der Waals surface area contributed by atoms with Gasteiger partial charge >= 0.3 is 0 Å². The Morgan fingerprint density at radius 2 is 2.00 bits per heavy atom. The van der Waals surface area contributed by atoms with Crippen LogP contribution in [0.2, 0.25) is 0 Å². The van der Waals surface area contributed by atoms with E-state index >= 15 is 0 Å². The minimum atomic E-state index is -3.46. The molecule has 0 amide bonds. The van der Waals surface area contributed by atoms with Crippen molar-refractivity contribution >= 4 is 15.8 Å². The van der Waals surface area contributed by atoms with Crippen molar-refractivity contribution < 1.29 is 12.9 Å². The molecule has 0 fully saturated rings. The lowest BCUT2D eigenvalue weighted by Crippen LogP contribution is -2.30. The van der Waals surface area contributed by atoms with Gasteiger partial charge in [0.25, 0.3) is 0 Å². The maximum Gasteiger partial charge on any atom is 0.233 e. The summed E-state index contributed by atoms with van der Waals surface area (Å²) < 4.78 is 32.6. The molecule has 0 bridgehead atoms. The van der Waals surface area contributed by atoms with Gasteiger partial charge in [0.1, 0.15) is 5.76 Å². The van der Waals surface area contributed by atoms with Gasteiger partial charge in [-0.3, -0.25) is 4.68 Å². The average molecular weight is 326 g/mol. The Morgan fingerprint density at radius 1 is 1.32 bits per heavy atom. The number of sulfonamides is 1. The predicted octanol–water partition coefficient (Wildman–Crippen LogP) is 2.17. The first-order chi connectivity index (χ1) is 10.2. The van der Waals surface area contributed by atoms with Crippen molar-refractivity contribution in [1.29, 1.82) is 0 Å². The van der Waals surface area contributed by atoms with Crippen molar-refractivity contribution in [2.75, 3.05) is 10.6 Å². The van der Waals surface area contributed by atoms with Gasteiger partial charge in [0.15, 0.2) is 5.82 Å². The topological polar surface area (TPSA) is 81.2 Å². The molecule has 0 aliphatic rings. The van der Waals surface area contributed by atoms with Crippen molar-refractivity contribution in [3.05, 3.63) is 28.8 Å². The number of hydrogen-bond donors (Lipinski definition) is 0. The highest BCUT2D eigenvalue weighted by Gasteiger charge is 2.24. The molecule has 8 heteroatoms. The summed E-state index contributed by atoms with van der Waals surface area (Å²) in [5, 5.41) is 8.29. The summed E-state index contributed by atoms with van der Waals surface area (Å²) in [6, 6.07) is 1.79. The molecule has 2 heterocycles. The Kier molecular flexibility index (Phi) is 4.60. The summed E-state index contributed by atoms with van der Waals surface area (Å²) in [7, 11) is -3.46. The number of anilines is 1. The van der Waals surface area contributed by atoms with E-state index in [1.165, 1.54) is 10.6 Å². The van der Waals surface area contributed by atoms with Crippen LogP contribution in [-0.2, 0) is 23.1 Å². The second kappa shape index (κ2) is 6.12. The molecule has 0 aliphatic heterocycles. The van der Waals surface area contributed by atoms with Gasteiger partial charge in [0, 0.05) is 23.9 Å². The number of aromatic nitrogens is 3. The van der Waals surface area contributed by atoms with Crippen LogP contribution < -0.4 is 4.31 Å². The predicted molar refractivity (Wildman–Crippen MR) is 84.3 cm³/mol. The van der Waals surface area contributed by atoms with Crippen molar-refractivity contribution in [3.8, 4) is 0 Å². The van der Waals surface area contributed by atoms with Gasteiger partial charge < -0.3 is 4.52 Å². The monoisotopic (exact) mass is 326 g/mol. The standard InChI is InChI=1S/C14H22N4O3S/c1-6-7-17-10(2)8-14(15-17)18(22(5,19)20)9-13-11(3)16-21-12(13)4/h8H,6-7,9H2,1-5H3. The van der Waals surface area contributed by atoms with E-state index in [9.17, 15) is 8.42 Å². The van der Waals surface area contributed by atoms with E-state index in [4.69, 9.17) is 4.52 Å². The second-order valence-electron chi connectivity index (χ2n) is 5.44. The van der Waals surface area contributed by atoms with Gasteiger partial charge in [-0.1, -0.05) is 12.1 Å². The fraction of sp³-hybridized carbons (Fsp3) is 0.571. The molecular weight excluding hydrogens is 304 g/mol. The lowest BCUT2D eigenvalue weighted by atomic mass is 10.2.